The number of nitrogens with one attached hydrogen (secondary N) is 1. The topological polar surface area (TPSA) is 62.1 Å². The molecule has 0 aromatic heterocycles. The molecule has 0 unspecified atom stereocenters. The molecule has 0 heterocycles. The lowest BCUT2D eigenvalue weighted by atomic mass is 10.1. The van der Waals surface area contributed by atoms with Gasteiger partial charge in [-0.1, -0.05) is 42.5 Å². The lowest BCUT2D eigenvalue weighted by Crippen LogP contribution is -2.14. The molecule has 0 aliphatic carbocycles. The van der Waals surface area contributed by atoms with Crippen LogP contribution in [0.3, 0.4) is 0 Å². The Kier molecular flexibility index (Phi) is 6.33. The maximum absolute atomic E-state index is 13.7. The van der Waals surface area contributed by atoms with Crippen LogP contribution in [0.1, 0.15) is 11.1 Å². The van der Waals surface area contributed by atoms with Gasteiger partial charge in [-0.3, -0.25) is 4.79 Å². The van der Waals surface area contributed by atoms with Gasteiger partial charge in [0.05, 0.1) is 5.69 Å². The molecule has 0 radical (unpaired) electrons. The summed E-state index contributed by atoms with van der Waals surface area (Å²) in [5, 5.41) is 11.5. The van der Waals surface area contributed by atoms with E-state index in [9.17, 15) is 18.8 Å². The molecule has 0 fully saturated rings. The minimum Gasteiger partial charge on any atom is -0.489 e. The average Bonchev–Trinajstić information content (AvgIpc) is 2.74. The van der Waals surface area contributed by atoms with Crippen molar-refractivity contribution in [2.45, 2.75) is 6.61 Å². The quantitative estimate of drug-likeness (QED) is 0.471. The summed E-state index contributed by atoms with van der Waals surface area (Å²) in [6.45, 7) is 0.422. The first kappa shape index (κ1) is 19.8. The van der Waals surface area contributed by atoms with E-state index < -0.39 is 17.5 Å². The minimum absolute atomic E-state index is 0.206. The van der Waals surface area contributed by atoms with Gasteiger partial charge in [0, 0.05) is 6.07 Å². The van der Waals surface area contributed by atoms with Gasteiger partial charge in [0.15, 0.2) is 0 Å². The number of anilines is 1. The molecular weight excluding hydrogens is 374 g/mol. The number of hydrogen-bond donors (Lipinski definition) is 1. The molecule has 0 atom stereocenters. The van der Waals surface area contributed by atoms with Crippen molar-refractivity contribution >= 4 is 17.7 Å². The summed E-state index contributed by atoms with van der Waals surface area (Å²) in [4.78, 5) is 12.2. The fraction of sp³-hybridized carbons (Fsp3) is 0.0435. The summed E-state index contributed by atoms with van der Waals surface area (Å²) in [5.74, 6) is -1.83. The normalized spacial score (nSPS) is 10.9. The standard InChI is InChI=1S/C23H16F2N2O2/c24-19-8-11-22(21(25)13-19)27-23(28)18(14-26)12-16-6-9-20(10-7-16)29-15-17-4-2-1-3-5-17/h1-13H,15H2,(H,27,28)/b18-12+. The van der Waals surface area contributed by atoms with Gasteiger partial charge < -0.3 is 10.1 Å². The molecule has 0 aliphatic rings. The van der Waals surface area contributed by atoms with Crippen molar-refractivity contribution in [2.75, 3.05) is 5.32 Å². The van der Waals surface area contributed by atoms with Crippen LogP contribution >= 0.6 is 0 Å². The second kappa shape index (κ2) is 9.29. The predicted octanol–water partition coefficient (Wildman–Crippen LogP) is 5.09. The van der Waals surface area contributed by atoms with E-state index in [1.54, 1.807) is 30.3 Å². The van der Waals surface area contributed by atoms with E-state index in [1.807, 2.05) is 30.3 Å². The van der Waals surface area contributed by atoms with Crippen LogP contribution in [0.4, 0.5) is 14.5 Å². The van der Waals surface area contributed by atoms with E-state index in [2.05, 4.69) is 5.32 Å². The fourth-order valence-corrected chi connectivity index (χ4v) is 2.50. The third-order valence-electron chi connectivity index (χ3n) is 3.98. The highest BCUT2D eigenvalue weighted by Crippen LogP contribution is 2.18. The van der Waals surface area contributed by atoms with Crippen LogP contribution in [-0.4, -0.2) is 5.91 Å². The number of carbonyl (C=O) groups is 1. The predicted molar refractivity (Wildman–Crippen MR) is 106 cm³/mol. The maximum atomic E-state index is 13.7. The molecule has 6 heteroatoms. The monoisotopic (exact) mass is 390 g/mol. The fourth-order valence-electron chi connectivity index (χ4n) is 2.50. The Hall–Kier alpha value is -3.98. The molecule has 1 amide bonds. The van der Waals surface area contributed by atoms with Crippen LogP contribution in [0.15, 0.2) is 78.4 Å². The summed E-state index contributed by atoms with van der Waals surface area (Å²) in [5.41, 5.74) is 1.21. The number of carbonyl (C=O) groups excluding carboxylic acids is 1. The van der Waals surface area contributed by atoms with Crippen LogP contribution < -0.4 is 10.1 Å². The molecule has 0 saturated heterocycles. The van der Waals surface area contributed by atoms with Crippen LogP contribution in [0.5, 0.6) is 5.75 Å². The van der Waals surface area contributed by atoms with Gasteiger partial charge in [-0.2, -0.15) is 5.26 Å². The average molecular weight is 390 g/mol. The summed E-state index contributed by atoms with van der Waals surface area (Å²) >= 11 is 0. The molecule has 0 spiro atoms. The largest absolute Gasteiger partial charge is 0.489 e. The number of amides is 1. The maximum Gasteiger partial charge on any atom is 0.266 e. The number of benzene rings is 3. The SMILES string of the molecule is N#C/C(=C\c1ccc(OCc2ccccc2)cc1)C(=O)Nc1ccc(F)cc1F. The van der Waals surface area contributed by atoms with Crippen LogP contribution in [-0.2, 0) is 11.4 Å². The highest BCUT2D eigenvalue weighted by molar-refractivity contribution is 6.09. The van der Waals surface area contributed by atoms with E-state index in [0.717, 1.165) is 17.7 Å². The minimum atomic E-state index is -0.921. The van der Waals surface area contributed by atoms with Gasteiger partial charge >= 0.3 is 0 Å². The van der Waals surface area contributed by atoms with Crippen molar-refractivity contribution in [3.63, 3.8) is 0 Å². The number of halogens is 2. The summed E-state index contributed by atoms with van der Waals surface area (Å²) < 4.78 is 32.3. The summed E-state index contributed by atoms with van der Waals surface area (Å²) in [7, 11) is 0. The van der Waals surface area contributed by atoms with Crippen molar-refractivity contribution in [3.05, 3.63) is 101 Å². The van der Waals surface area contributed by atoms with E-state index in [1.165, 1.54) is 6.08 Å². The molecule has 0 bridgehead atoms. The second-order valence-corrected chi connectivity index (χ2v) is 6.09. The van der Waals surface area contributed by atoms with E-state index in [4.69, 9.17) is 4.74 Å². The number of ether oxygens (including phenoxy) is 1. The first-order valence-electron chi connectivity index (χ1n) is 8.70. The van der Waals surface area contributed by atoms with Crippen LogP contribution in [0, 0.1) is 23.0 Å². The summed E-state index contributed by atoms with van der Waals surface area (Å²) in [6, 6.07) is 21.1. The zero-order valence-electron chi connectivity index (χ0n) is 15.2. The first-order chi connectivity index (χ1) is 14.0. The lowest BCUT2D eigenvalue weighted by Gasteiger charge is -2.07. The molecule has 3 rings (SSSR count). The Labute approximate surface area is 166 Å². The molecule has 0 saturated carbocycles. The summed E-state index contributed by atoms with van der Waals surface area (Å²) in [6.07, 6.45) is 1.37. The number of nitriles is 1. The second-order valence-electron chi connectivity index (χ2n) is 6.09. The van der Waals surface area contributed by atoms with Crippen molar-refractivity contribution in [3.8, 4) is 11.8 Å². The Morgan fingerprint density at radius 3 is 2.41 bits per heavy atom. The molecule has 1 N–H and O–H groups in total. The highest BCUT2D eigenvalue weighted by atomic mass is 19.1. The molecule has 144 valence electrons. The van der Waals surface area contributed by atoms with Crippen molar-refractivity contribution in [2.24, 2.45) is 0 Å². The first-order valence-corrected chi connectivity index (χ1v) is 8.70. The number of nitrogens with zero attached hydrogens (tertiary/aromatic N) is 1. The van der Waals surface area contributed by atoms with Gasteiger partial charge in [0.2, 0.25) is 0 Å². The third kappa shape index (κ3) is 5.50. The molecule has 4 nitrogen and oxygen atoms in total. The zero-order valence-corrected chi connectivity index (χ0v) is 15.2. The number of rotatable bonds is 6. The molecule has 0 aliphatic heterocycles. The van der Waals surface area contributed by atoms with Gasteiger partial charge in [-0.25, -0.2) is 8.78 Å². The number of hydrogen-bond acceptors (Lipinski definition) is 3. The van der Waals surface area contributed by atoms with E-state index in [0.29, 0.717) is 24.0 Å². The van der Waals surface area contributed by atoms with Gasteiger partial charge in [-0.15, -0.1) is 0 Å². The molecule has 3 aromatic carbocycles. The Bertz CT molecular complexity index is 1070. The van der Waals surface area contributed by atoms with Crippen LogP contribution in [0.2, 0.25) is 0 Å². The van der Waals surface area contributed by atoms with Crippen LogP contribution in [0.25, 0.3) is 6.08 Å². The Morgan fingerprint density at radius 1 is 1.03 bits per heavy atom. The molecule has 29 heavy (non-hydrogen) atoms. The van der Waals surface area contributed by atoms with Gasteiger partial charge in [-0.05, 0) is 41.5 Å². The highest BCUT2D eigenvalue weighted by Gasteiger charge is 2.12. The van der Waals surface area contributed by atoms with Gasteiger partial charge in [0.25, 0.3) is 5.91 Å². The van der Waals surface area contributed by atoms with Crippen molar-refractivity contribution in [1.29, 1.82) is 5.26 Å². The van der Waals surface area contributed by atoms with Crippen molar-refractivity contribution < 1.29 is 18.3 Å². The van der Waals surface area contributed by atoms with Crippen molar-refractivity contribution in [1.82, 2.24) is 0 Å². The third-order valence-corrected chi connectivity index (χ3v) is 3.98. The zero-order chi connectivity index (χ0) is 20.6. The molecular formula is C23H16F2N2O2. The van der Waals surface area contributed by atoms with E-state index in [-0.39, 0.29) is 11.3 Å². The van der Waals surface area contributed by atoms with Gasteiger partial charge in [0.1, 0.15) is 35.6 Å². The molecule has 3 aromatic rings. The Morgan fingerprint density at radius 2 is 1.76 bits per heavy atom. The lowest BCUT2D eigenvalue weighted by molar-refractivity contribution is -0.112. The van der Waals surface area contributed by atoms with E-state index >= 15 is 0 Å². The Balaban J connectivity index is 1.66. The smallest absolute Gasteiger partial charge is 0.266 e.